The molecule has 0 saturated carbocycles. The first-order chi connectivity index (χ1) is 11.0. The van der Waals surface area contributed by atoms with E-state index < -0.39 is 10.0 Å². The lowest BCUT2D eigenvalue weighted by Crippen LogP contribution is -2.27. The zero-order valence-electron chi connectivity index (χ0n) is 13.5. The Morgan fingerprint density at radius 2 is 1.78 bits per heavy atom. The van der Waals surface area contributed by atoms with Crippen LogP contribution in [-0.2, 0) is 16.4 Å². The van der Waals surface area contributed by atoms with Crippen molar-refractivity contribution in [2.24, 2.45) is 5.92 Å². The van der Waals surface area contributed by atoms with Crippen LogP contribution in [0.4, 0.5) is 5.69 Å². The van der Waals surface area contributed by atoms with Crippen LogP contribution in [0.3, 0.4) is 0 Å². The zero-order chi connectivity index (χ0) is 16.4. The van der Waals surface area contributed by atoms with Gasteiger partial charge in [-0.1, -0.05) is 32.0 Å². The van der Waals surface area contributed by atoms with Gasteiger partial charge < -0.3 is 5.32 Å². The molecule has 0 saturated heterocycles. The number of hydrogen-bond donors (Lipinski definition) is 2. The molecule has 5 heteroatoms. The minimum atomic E-state index is -3.42. The van der Waals surface area contributed by atoms with Crippen LogP contribution in [0, 0.1) is 5.92 Å². The summed E-state index contributed by atoms with van der Waals surface area (Å²) in [6.07, 6.45) is 1.04. The number of hydrogen-bond acceptors (Lipinski definition) is 3. The van der Waals surface area contributed by atoms with E-state index in [1.165, 1.54) is 11.3 Å². The van der Waals surface area contributed by atoms with Crippen molar-refractivity contribution in [3.8, 4) is 11.1 Å². The number of benzene rings is 2. The molecule has 3 rings (SSSR count). The van der Waals surface area contributed by atoms with Crippen molar-refractivity contribution in [3.63, 3.8) is 0 Å². The first-order valence-corrected chi connectivity index (χ1v) is 9.41. The Bertz CT molecular complexity index is 796. The average molecular weight is 330 g/mol. The summed E-state index contributed by atoms with van der Waals surface area (Å²) >= 11 is 0. The maximum Gasteiger partial charge on any atom is 0.240 e. The van der Waals surface area contributed by atoms with E-state index >= 15 is 0 Å². The van der Waals surface area contributed by atoms with E-state index in [0.29, 0.717) is 11.4 Å². The summed E-state index contributed by atoms with van der Waals surface area (Å²) in [5, 5.41) is 3.34. The number of nitrogens with one attached hydrogen (secondary N) is 2. The van der Waals surface area contributed by atoms with Crippen LogP contribution in [0.15, 0.2) is 47.4 Å². The molecule has 2 aromatic carbocycles. The Hall–Kier alpha value is -1.85. The molecular formula is C18H22N2O2S. The monoisotopic (exact) mass is 330 g/mol. The molecule has 4 nitrogen and oxygen atoms in total. The van der Waals surface area contributed by atoms with Crippen LogP contribution in [0.2, 0.25) is 0 Å². The summed E-state index contributed by atoms with van der Waals surface area (Å²) < 4.78 is 27.1. The van der Waals surface area contributed by atoms with Gasteiger partial charge in [0.1, 0.15) is 0 Å². The van der Waals surface area contributed by atoms with E-state index in [4.69, 9.17) is 0 Å². The molecule has 0 atom stereocenters. The molecule has 0 unspecified atom stereocenters. The third kappa shape index (κ3) is 3.57. The predicted molar refractivity (Wildman–Crippen MR) is 94.1 cm³/mol. The van der Waals surface area contributed by atoms with Gasteiger partial charge in [0.25, 0.3) is 0 Å². The SMILES string of the molecule is CC(C)CNS(=O)(=O)c1ccc(-c2ccc3c(c2)CCN3)cc1. The van der Waals surface area contributed by atoms with Crippen molar-refractivity contribution >= 4 is 15.7 Å². The van der Waals surface area contributed by atoms with Crippen molar-refractivity contribution in [3.05, 3.63) is 48.0 Å². The fraction of sp³-hybridized carbons (Fsp3) is 0.333. The van der Waals surface area contributed by atoms with Gasteiger partial charge in [-0.05, 0) is 53.3 Å². The van der Waals surface area contributed by atoms with Crippen LogP contribution in [0.5, 0.6) is 0 Å². The van der Waals surface area contributed by atoms with Gasteiger partial charge in [-0.15, -0.1) is 0 Å². The Kier molecular flexibility index (Phi) is 4.41. The first kappa shape index (κ1) is 16.0. The van der Waals surface area contributed by atoms with Crippen molar-refractivity contribution in [1.29, 1.82) is 0 Å². The fourth-order valence-corrected chi connectivity index (χ4v) is 3.88. The Labute approximate surface area is 138 Å². The summed E-state index contributed by atoms with van der Waals surface area (Å²) in [5.41, 5.74) is 4.66. The van der Waals surface area contributed by atoms with Crippen LogP contribution < -0.4 is 10.0 Å². The van der Waals surface area contributed by atoms with Crippen LogP contribution in [0.25, 0.3) is 11.1 Å². The topological polar surface area (TPSA) is 58.2 Å². The molecule has 0 aliphatic carbocycles. The summed E-state index contributed by atoms with van der Waals surface area (Å²) in [6.45, 7) is 5.39. The van der Waals surface area contributed by atoms with E-state index in [9.17, 15) is 8.42 Å². The van der Waals surface area contributed by atoms with Crippen LogP contribution >= 0.6 is 0 Å². The molecule has 23 heavy (non-hydrogen) atoms. The molecule has 0 radical (unpaired) electrons. The van der Waals surface area contributed by atoms with Gasteiger partial charge in [0.05, 0.1) is 4.90 Å². The van der Waals surface area contributed by atoms with Crippen molar-refractivity contribution in [2.75, 3.05) is 18.4 Å². The molecule has 2 aromatic rings. The Morgan fingerprint density at radius 3 is 2.48 bits per heavy atom. The van der Waals surface area contributed by atoms with Gasteiger partial charge in [-0.3, -0.25) is 0 Å². The third-order valence-electron chi connectivity index (χ3n) is 3.99. The highest BCUT2D eigenvalue weighted by molar-refractivity contribution is 7.89. The van der Waals surface area contributed by atoms with Gasteiger partial charge in [0.15, 0.2) is 0 Å². The summed E-state index contributed by atoms with van der Waals surface area (Å²) in [6, 6.07) is 13.4. The predicted octanol–water partition coefficient (Wildman–Crippen LogP) is 3.26. The number of rotatable bonds is 5. The highest BCUT2D eigenvalue weighted by Gasteiger charge is 2.15. The van der Waals surface area contributed by atoms with Crippen LogP contribution in [0.1, 0.15) is 19.4 Å². The largest absolute Gasteiger partial charge is 0.384 e. The second-order valence-corrected chi connectivity index (χ2v) is 8.09. The maximum absolute atomic E-state index is 12.2. The summed E-state index contributed by atoms with van der Waals surface area (Å²) in [4.78, 5) is 0.310. The van der Waals surface area contributed by atoms with E-state index in [0.717, 1.165) is 24.1 Å². The van der Waals surface area contributed by atoms with E-state index in [1.54, 1.807) is 12.1 Å². The minimum absolute atomic E-state index is 0.282. The molecule has 1 heterocycles. The molecule has 0 aromatic heterocycles. The quantitative estimate of drug-likeness (QED) is 0.885. The number of fused-ring (bicyclic) bond motifs is 1. The highest BCUT2D eigenvalue weighted by atomic mass is 32.2. The van der Waals surface area contributed by atoms with Crippen LogP contribution in [-0.4, -0.2) is 21.5 Å². The van der Waals surface area contributed by atoms with Gasteiger partial charge in [0.2, 0.25) is 10.0 Å². The average Bonchev–Trinajstić information content (AvgIpc) is 3.01. The minimum Gasteiger partial charge on any atom is -0.384 e. The molecule has 122 valence electrons. The molecule has 1 aliphatic rings. The Balaban J connectivity index is 1.82. The van der Waals surface area contributed by atoms with E-state index in [1.807, 2.05) is 26.0 Å². The molecule has 1 aliphatic heterocycles. The normalized spacial score (nSPS) is 13.9. The zero-order valence-corrected chi connectivity index (χ0v) is 14.3. The number of sulfonamides is 1. The fourth-order valence-electron chi connectivity index (χ4n) is 2.67. The summed E-state index contributed by atoms with van der Waals surface area (Å²) in [5.74, 6) is 0.282. The molecule has 0 spiro atoms. The second kappa shape index (κ2) is 6.34. The smallest absolute Gasteiger partial charge is 0.240 e. The highest BCUT2D eigenvalue weighted by Crippen LogP contribution is 2.29. The van der Waals surface area contributed by atoms with Gasteiger partial charge in [0, 0.05) is 18.8 Å². The summed E-state index contributed by atoms with van der Waals surface area (Å²) in [7, 11) is -3.42. The molecule has 0 fully saturated rings. The lowest BCUT2D eigenvalue weighted by Gasteiger charge is -2.10. The lowest BCUT2D eigenvalue weighted by atomic mass is 10.0. The van der Waals surface area contributed by atoms with Crippen molar-refractivity contribution in [2.45, 2.75) is 25.2 Å². The Morgan fingerprint density at radius 1 is 1.09 bits per heavy atom. The molecule has 0 bridgehead atoms. The van der Waals surface area contributed by atoms with E-state index in [2.05, 4.69) is 28.2 Å². The standard InChI is InChI=1S/C18H22N2O2S/c1-13(2)12-20-23(21,22)17-6-3-14(4-7-17)15-5-8-18-16(11-15)9-10-19-18/h3-8,11,13,19-20H,9-10,12H2,1-2H3. The molecular weight excluding hydrogens is 308 g/mol. The molecule has 2 N–H and O–H groups in total. The van der Waals surface area contributed by atoms with Gasteiger partial charge >= 0.3 is 0 Å². The first-order valence-electron chi connectivity index (χ1n) is 7.92. The van der Waals surface area contributed by atoms with Gasteiger partial charge in [-0.2, -0.15) is 0 Å². The molecule has 0 amide bonds. The van der Waals surface area contributed by atoms with Crippen molar-refractivity contribution < 1.29 is 8.42 Å². The number of anilines is 1. The second-order valence-electron chi connectivity index (χ2n) is 6.32. The van der Waals surface area contributed by atoms with E-state index in [-0.39, 0.29) is 5.92 Å². The van der Waals surface area contributed by atoms with Crippen molar-refractivity contribution in [1.82, 2.24) is 4.72 Å². The third-order valence-corrected chi connectivity index (χ3v) is 5.43. The maximum atomic E-state index is 12.2. The van der Waals surface area contributed by atoms with Gasteiger partial charge in [-0.25, -0.2) is 13.1 Å². The lowest BCUT2D eigenvalue weighted by molar-refractivity contribution is 0.560.